The number of ether oxygens (including phenoxy) is 1. The summed E-state index contributed by atoms with van der Waals surface area (Å²) < 4.78 is 32.6. The normalized spacial score (nSPS) is 28.0. The van der Waals surface area contributed by atoms with Gasteiger partial charge in [-0.25, -0.2) is 8.42 Å². The zero-order valence-electron chi connectivity index (χ0n) is 13.9. The van der Waals surface area contributed by atoms with Crippen molar-refractivity contribution in [1.82, 2.24) is 9.62 Å². The van der Waals surface area contributed by atoms with E-state index in [1.165, 1.54) is 0 Å². The van der Waals surface area contributed by atoms with E-state index >= 15 is 0 Å². The molecule has 1 N–H and O–H groups in total. The van der Waals surface area contributed by atoms with E-state index in [0.717, 1.165) is 37.2 Å². The van der Waals surface area contributed by atoms with Crippen LogP contribution in [0, 0.1) is 11.8 Å². The highest BCUT2D eigenvalue weighted by molar-refractivity contribution is 7.89. The molecule has 2 heterocycles. The monoisotopic (exact) mass is 338 g/mol. The summed E-state index contributed by atoms with van der Waals surface area (Å²) in [6.45, 7) is 4.47. The van der Waals surface area contributed by atoms with Crippen LogP contribution in [-0.2, 0) is 10.0 Å². The molecule has 2 fully saturated rings. The molecular formula is C17H26N2O3S. The fourth-order valence-corrected chi connectivity index (χ4v) is 5.76. The first kappa shape index (κ1) is 16.7. The molecule has 0 bridgehead atoms. The number of rotatable bonds is 6. The Kier molecular flexibility index (Phi) is 4.94. The Morgan fingerprint density at radius 3 is 2.65 bits per heavy atom. The van der Waals surface area contributed by atoms with Crippen LogP contribution >= 0.6 is 0 Å². The van der Waals surface area contributed by atoms with E-state index in [1.807, 2.05) is 31.2 Å². The molecule has 0 spiro atoms. The number of nitrogens with one attached hydrogen (secondary N) is 1. The van der Waals surface area contributed by atoms with Gasteiger partial charge in [0.1, 0.15) is 5.75 Å². The molecule has 3 rings (SSSR count). The van der Waals surface area contributed by atoms with Crippen LogP contribution in [0.1, 0.15) is 31.4 Å². The largest absolute Gasteiger partial charge is 0.497 e. The maximum absolute atomic E-state index is 12.8. The van der Waals surface area contributed by atoms with Crippen LogP contribution in [0.3, 0.4) is 0 Å². The van der Waals surface area contributed by atoms with Crippen LogP contribution in [0.15, 0.2) is 24.3 Å². The average molecular weight is 338 g/mol. The SMILES string of the molecule is CCCCS(=O)(=O)N1C[C@@H]2CNC[C@@H]2[C@@H]1c1ccc(OC)cc1. The number of fused-ring (bicyclic) bond motifs is 1. The highest BCUT2D eigenvalue weighted by Crippen LogP contribution is 2.44. The minimum absolute atomic E-state index is 0.0530. The second kappa shape index (κ2) is 6.79. The van der Waals surface area contributed by atoms with E-state index < -0.39 is 10.0 Å². The molecule has 5 nitrogen and oxygen atoms in total. The lowest BCUT2D eigenvalue weighted by Gasteiger charge is -2.28. The smallest absolute Gasteiger partial charge is 0.214 e. The molecule has 1 aromatic rings. The Morgan fingerprint density at radius 1 is 1.26 bits per heavy atom. The van der Waals surface area contributed by atoms with Crippen LogP contribution in [0.25, 0.3) is 0 Å². The molecular weight excluding hydrogens is 312 g/mol. The lowest BCUT2D eigenvalue weighted by atomic mass is 9.90. The van der Waals surface area contributed by atoms with Crippen molar-refractivity contribution in [3.8, 4) is 5.75 Å². The zero-order chi connectivity index (χ0) is 16.4. The number of benzene rings is 1. The Bertz CT molecular complexity index is 630. The van der Waals surface area contributed by atoms with Gasteiger partial charge in [-0.05, 0) is 42.5 Å². The molecule has 0 amide bonds. The van der Waals surface area contributed by atoms with Crippen molar-refractivity contribution in [3.05, 3.63) is 29.8 Å². The Hall–Kier alpha value is -1.11. The van der Waals surface area contributed by atoms with Gasteiger partial charge in [0.2, 0.25) is 10.0 Å². The van der Waals surface area contributed by atoms with Gasteiger partial charge < -0.3 is 10.1 Å². The molecule has 2 saturated heterocycles. The van der Waals surface area contributed by atoms with E-state index in [1.54, 1.807) is 11.4 Å². The van der Waals surface area contributed by atoms with Crippen LogP contribution in [-0.4, -0.2) is 45.2 Å². The van der Waals surface area contributed by atoms with E-state index in [4.69, 9.17) is 4.74 Å². The first-order chi connectivity index (χ1) is 11.1. The predicted molar refractivity (Wildman–Crippen MR) is 91.0 cm³/mol. The lowest BCUT2D eigenvalue weighted by molar-refractivity contribution is 0.344. The number of hydrogen-bond acceptors (Lipinski definition) is 4. The summed E-state index contributed by atoms with van der Waals surface area (Å²) in [5.74, 6) is 1.83. The number of unbranched alkanes of at least 4 members (excludes halogenated alkanes) is 1. The first-order valence-corrected chi connectivity index (χ1v) is 10.0. The lowest BCUT2D eigenvalue weighted by Crippen LogP contribution is -2.36. The molecule has 1 aromatic carbocycles. The van der Waals surface area contributed by atoms with Crippen LogP contribution < -0.4 is 10.1 Å². The highest BCUT2D eigenvalue weighted by Gasteiger charge is 2.48. The molecule has 23 heavy (non-hydrogen) atoms. The fourth-order valence-electron chi connectivity index (χ4n) is 3.83. The maximum Gasteiger partial charge on any atom is 0.214 e. The molecule has 0 saturated carbocycles. The van der Waals surface area contributed by atoms with E-state index in [9.17, 15) is 8.42 Å². The summed E-state index contributed by atoms with van der Waals surface area (Å²) >= 11 is 0. The van der Waals surface area contributed by atoms with Gasteiger partial charge >= 0.3 is 0 Å². The zero-order valence-corrected chi connectivity index (χ0v) is 14.7. The Labute approximate surface area is 139 Å². The van der Waals surface area contributed by atoms with Crippen molar-refractivity contribution in [2.24, 2.45) is 11.8 Å². The summed E-state index contributed by atoms with van der Waals surface area (Å²) in [5, 5.41) is 3.42. The van der Waals surface area contributed by atoms with Crippen molar-refractivity contribution in [2.45, 2.75) is 25.8 Å². The quantitative estimate of drug-likeness (QED) is 0.862. The van der Waals surface area contributed by atoms with Gasteiger partial charge in [0.15, 0.2) is 0 Å². The Morgan fingerprint density at radius 2 is 2.00 bits per heavy atom. The second-order valence-corrected chi connectivity index (χ2v) is 8.58. The van der Waals surface area contributed by atoms with Gasteiger partial charge in [0.25, 0.3) is 0 Å². The minimum atomic E-state index is -3.20. The van der Waals surface area contributed by atoms with Gasteiger partial charge in [-0.3, -0.25) is 0 Å². The first-order valence-electron chi connectivity index (χ1n) is 8.41. The number of hydrogen-bond donors (Lipinski definition) is 1. The summed E-state index contributed by atoms with van der Waals surface area (Å²) in [6, 6.07) is 7.80. The van der Waals surface area contributed by atoms with Crippen LogP contribution in [0.4, 0.5) is 0 Å². The van der Waals surface area contributed by atoms with E-state index in [0.29, 0.717) is 18.4 Å². The van der Waals surface area contributed by atoms with Crippen molar-refractivity contribution in [1.29, 1.82) is 0 Å². The highest BCUT2D eigenvalue weighted by atomic mass is 32.2. The maximum atomic E-state index is 12.8. The van der Waals surface area contributed by atoms with Crippen LogP contribution in [0.2, 0.25) is 0 Å². The van der Waals surface area contributed by atoms with Gasteiger partial charge in [0, 0.05) is 13.1 Å². The molecule has 0 radical (unpaired) electrons. The third kappa shape index (κ3) is 3.25. The summed E-state index contributed by atoms with van der Waals surface area (Å²) in [6.07, 6.45) is 1.62. The molecule has 0 aromatic heterocycles. The molecule has 6 heteroatoms. The van der Waals surface area contributed by atoms with E-state index in [-0.39, 0.29) is 11.8 Å². The molecule has 0 aliphatic carbocycles. The predicted octanol–water partition coefficient (Wildman–Crippen LogP) is 2.02. The van der Waals surface area contributed by atoms with Crippen LogP contribution in [0.5, 0.6) is 5.75 Å². The van der Waals surface area contributed by atoms with Gasteiger partial charge in [-0.15, -0.1) is 0 Å². The molecule has 2 aliphatic heterocycles. The molecule has 128 valence electrons. The fraction of sp³-hybridized carbons (Fsp3) is 0.647. The van der Waals surface area contributed by atoms with Crippen molar-refractivity contribution in [2.75, 3.05) is 32.5 Å². The summed E-state index contributed by atoms with van der Waals surface area (Å²) in [4.78, 5) is 0. The Balaban J connectivity index is 1.91. The second-order valence-electron chi connectivity index (χ2n) is 6.54. The number of nitrogens with zero attached hydrogens (tertiary/aromatic N) is 1. The van der Waals surface area contributed by atoms with Gasteiger partial charge in [0.05, 0.1) is 18.9 Å². The van der Waals surface area contributed by atoms with Crippen molar-refractivity contribution >= 4 is 10.0 Å². The topological polar surface area (TPSA) is 58.6 Å². The summed E-state index contributed by atoms with van der Waals surface area (Å²) in [7, 11) is -1.56. The third-order valence-corrected chi connectivity index (χ3v) is 6.99. The van der Waals surface area contributed by atoms with E-state index in [2.05, 4.69) is 5.32 Å². The van der Waals surface area contributed by atoms with Crippen molar-refractivity contribution in [3.63, 3.8) is 0 Å². The molecule has 0 unspecified atom stereocenters. The number of sulfonamides is 1. The van der Waals surface area contributed by atoms with Crippen molar-refractivity contribution < 1.29 is 13.2 Å². The summed E-state index contributed by atoms with van der Waals surface area (Å²) in [5.41, 5.74) is 1.07. The van der Waals surface area contributed by atoms with Gasteiger partial charge in [-0.1, -0.05) is 25.5 Å². The third-order valence-electron chi connectivity index (χ3n) is 5.09. The average Bonchev–Trinajstić information content (AvgIpc) is 3.14. The molecule has 3 atom stereocenters. The minimum Gasteiger partial charge on any atom is -0.497 e. The molecule has 2 aliphatic rings. The number of methoxy groups -OCH3 is 1. The standard InChI is InChI=1S/C17H26N2O3S/c1-3-4-9-23(20,21)19-12-14-10-18-11-16(14)17(19)13-5-7-15(22-2)8-6-13/h5-8,14,16-18H,3-4,9-12H2,1-2H3/t14-,16-,17-/m0/s1. The van der Waals surface area contributed by atoms with Gasteiger partial charge in [-0.2, -0.15) is 4.31 Å².